The van der Waals surface area contributed by atoms with E-state index in [0.29, 0.717) is 0 Å². The number of imide groups is 1. The largest absolute Gasteiger partial charge is 0.336 e. The number of amidine groups is 1. The van der Waals surface area contributed by atoms with Crippen molar-refractivity contribution in [2.24, 2.45) is 4.99 Å². The van der Waals surface area contributed by atoms with Gasteiger partial charge in [-0.2, -0.15) is 0 Å². The van der Waals surface area contributed by atoms with Crippen molar-refractivity contribution in [2.45, 2.75) is 45.3 Å². The summed E-state index contributed by atoms with van der Waals surface area (Å²) in [4.78, 5) is 32.0. The van der Waals surface area contributed by atoms with Gasteiger partial charge >= 0.3 is 6.03 Å². The maximum absolute atomic E-state index is 12.1. The molecule has 6 nitrogen and oxygen atoms in total. The predicted molar refractivity (Wildman–Crippen MR) is 80.7 cm³/mol. The number of hydrogen-bond acceptors (Lipinski definition) is 5. The second-order valence-corrected chi connectivity index (χ2v) is 6.13. The van der Waals surface area contributed by atoms with Crippen LogP contribution >= 0.6 is 11.8 Å². The van der Waals surface area contributed by atoms with Gasteiger partial charge < -0.3 is 9.80 Å². The molecule has 2 atom stereocenters. The molecule has 3 amide bonds. The normalized spacial score (nSPS) is 25.6. The minimum Gasteiger partial charge on any atom is -0.336 e. The van der Waals surface area contributed by atoms with Crippen LogP contribution in [0.4, 0.5) is 4.79 Å². The van der Waals surface area contributed by atoms with E-state index in [0.717, 1.165) is 36.7 Å². The van der Waals surface area contributed by atoms with Crippen LogP contribution in [-0.2, 0) is 4.79 Å². The fourth-order valence-electron chi connectivity index (χ4n) is 2.38. The Morgan fingerprint density at radius 2 is 2.05 bits per heavy atom. The SMILES string of the molecule is CCCCN1C(SCCC)=NC2C1C(=O)NC(=O)N2C. The molecule has 7 heteroatoms. The van der Waals surface area contributed by atoms with Crippen molar-refractivity contribution in [1.29, 1.82) is 0 Å². The lowest BCUT2D eigenvalue weighted by Gasteiger charge is -2.36. The molecule has 2 aliphatic heterocycles. The topological polar surface area (TPSA) is 65.0 Å². The number of thioether (sulfide) groups is 1. The minimum absolute atomic E-state index is 0.231. The molecule has 20 heavy (non-hydrogen) atoms. The van der Waals surface area contributed by atoms with Crippen LogP contribution in [0, 0.1) is 0 Å². The fraction of sp³-hybridized carbons (Fsp3) is 0.769. The van der Waals surface area contributed by atoms with Gasteiger partial charge in [0.25, 0.3) is 5.91 Å². The van der Waals surface area contributed by atoms with Crippen molar-refractivity contribution in [3.8, 4) is 0 Å². The fourth-order valence-corrected chi connectivity index (χ4v) is 3.32. The molecule has 0 bridgehead atoms. The highest BCUT2D eigenvalue weighted by atomic mass is 32.2. The highest BCUT2D eigenvalue weighted by Gasteiger charge is 2.48. The number of aliphatic imine (C=N–C) groups is 1. The molecule has 0 radical (unpaired) electrons. The van der Waals surface area contributed by atoms with Gasteiger partial charge in [-0.25, -0.2) is 9.79 Å². The number of hydrogen-bond donors (Lipinski definition) is 1. The van der Waals surface area contributed by atoms with E-state index >= 15 is 0 Å². The molecule has 2 unspecified atom stereocenters. The van der Waals surface area contributed by atoms with Gasteiger partial charge in [0.2, 0.25) is 0 Å². The molecule has 0 aromatic heterocycles. The zero-order valence-corrected chi connectivity index (χ0v) is 13.1. The van der Waals surface area contributed by atoms with Gasteiger partial charge in [-0.1, -0.05) is 32.0 Å². The summed E-state index contributed by atoms with van der Waals surface area (Å²) in [6, 6.07) is -0.735. The Morgan fingerprint density at radius 3 is 2.70 bits per heavy atom. The molecule has 0 aliphatic carbocycles. The summed E-state index contributed by atoms with van der Waals surface area (Å²) < 4.78 is 0. The second-order valence-electron chi connectivity index (χ2n) is 5.07. The van der Waals surface area contributed by atoms with E-state index in [1.165, 1.54) is 4.90 Å². The molecule has 2 heterocycles. The Hall–Kier alpha value is -1.24. The Kier molecular flexibility index (Phi) is 4.91. The number of nitrogens with zero attached hydrogens (tertiary/aromatic N) is 3. The van der Waals surface area contributed by atoms with Crippen LogP contribution in [0.3, 0.4) is 0 Å². The van der Waals surface area contributed by atoms with Crippen LogP contribution in [-0.4, -0.2) is 58.5 Å². The first kappa shape index (κ1) is 15.2. The molecule has 1 N–H and O–H groups in total. The van der Waals surface area contributed by atoms with Crippen LogP contribution < -0.4 is 5.32 Å². The Balaban J connectivity index is 2.21. The number of unbranched alkanes of at least 4 members (excludes halogenated alkanes) is 1. The van der Waals surface area contributed by atoms with Gasteiger partial charge in [0.05, 0.1) is 0 Å². The van der Waals surface area contributed by atoms with E-state index in [4.69, 9.17) is 0 Å². The van der Waals surface area contributed by atoms with E-state index in [-0.39, 0.29) is 24.1 Å². The average molecular weight is 298 g/mol. The second kappa shape index (κ2) is 6.47. The molecule has 0 saturated carbocycles. The van der Waals surface area contributed by atoms with Crippen LogP contribution in [0.1, 0.15) is 33.1 Å². The summed E-state index contributed by atoms with van der Waals surface area (Å²) in [5, 5.41) is 3.30. The maximum Gasteiger partial charge on any atom is 0.325 e. The highest BCUT2D eigenvalue weighted by molar-refractivity contribution is 8.13. The lowest BCUT2D eigenvalue weighted by molar-refractivity contribution is -0.127. The van der Waals surface area contributed by atoms with Gasteiger partial charge in [-0.3, -0.25) is 10.1 Å². The van der Waals surface area contributed by atoms with E-state index in [2.05, 4.69) is 29.1 Å². The van der Waals surface area contributed by atoms with Gasteiger partial charge in [-0.15, -0.1) is 0 Å². The van der Waals surface area contributed by atoms with Crippen LogP contribution in [0.2, 0.25) is 0 Å². The minimum atomic E-state index is -0.382. The summed E-state index contributed by atoms with van der Waals surface area (Å²) in [6.45, 7) is 5.05. The highest BCUT2D eigenvalue weighted by Crippen LogP contribution is 2.28. The number of urea groups is 1. The molecule has 1 saturated heterocycles. The van der Waals surface area contributed by atoms with Crippen molar-refractivity contribution >= 4 is 28.9 Å². The van der Waals surface area contributed by atoms with Crippen LogP contribution in [0.5, 0.6) is 0 Å². The summed E-state index contributed by atoms with van der Waals surface area (Å²) in [7, 11) is 1.69. The summed E-state index contributed by atoms with van der Waals surface area (Å²) in [6.07, 6.45) is 2.75. The Labute approximate surface area is 124 Å². The van der Waals surface area contributed by atoms with Gasteiger partial charge in [0.1, 0.15) is 0 Å². The van der Waals surface area contributed by atoms with Crippen molar-refractivity contribution in [3.63, 3.8) is 0 Å². The molecule has 1 fully saturated rings. The van der Waals surface area contributed by atoms with Crippen molar-refractivity contribution < 1.29 is 9.59 Å². The van der Waals surface area contributed by atoms with Crippen LogP contribution in [0.25, 0.3) is 0 Å². The molecular formula is C13H22N4O2S. The number of likely N-dealkylation sites (N-methyl/N-ethyl adjacent to an activating group) is 1. The zero-order chi connectivity index (χ0) is 14.7. The van der Waals surface area contributed by atoms with E-state index in [1.807, 2.05) is 0 Å². The molecule has 0 aromatic carbocycles. The van der Waals surface area contributed by atoms with Crippen molar-refractivity contribution in [2.75, 3.05) is 19.3 Å². The van der Waals surface area contributed by atoms with E-state index in [9.17, 15) is 9.59 Å². The number of fused-ring (bicyclic) bond motifs is 1. The summed E-state index contributed by atoms with van der Waals surface area (Å²) >= 11 is 1.67. The smallest absolute Gasteiger partial charge is 0.325 e. The third kappa shape index (κ3) is 2.77. The van der Waals surface area contributed by atoms with Gasteiger partial charge in [-0.05, 0) is 12.8 Å². The monoisotopic (exact) mass is 298 g/mol. The number of carbonyl (C=O) groups is 2. The number of nitrogens with one attached hydrogen (secondary N) is 1. The van der Waals surface area contributed by atoms with E-state index < -0.39 is 0 Å². The summed E-state index contributed by atoms with van der Waals surface area (Å²) in [5.74, 6) is 0.741. The molecule has 0 spiro atoms. The quantitative estimate of drug-likeness (QED) is 0.835. The Bertz CT molecular complexity index is 427. The number of amides is 3. The predicted octanol–water partition coefficient (Wildman–Crippen LogP) is 1.48. The van der Waals surface area contributed by atoms with E-state index in [1.54, 1.807) is 18.8 Å². The first-order valence-electron chi connectivity index (χ1n) is 7.15. The lowest BCUT2D eigenvalue weighted by Crippen LogP contribution is -2.63. The standard InChI is InChI=1S/C13H22N4O2S/c1-4-6-7-17-9-10(14-13(17)20-8-5-2)16(3)12(19)15-11(9)18/h9-10H,4-8H2,1-3H3,(H,15,18,19). The molecule has 2 aliphatic rings. The average Bonchev–Trinajstić information content (AvgIpc) is 2.79. The first-order valence-corrected chi connectivity index (χ1v) is 8.13. The lowest BCUT2D eigenvalue weighted by atomic mass is 10.1. The molecule has 112 valence electrons. The summed E-state index contributed by atoms with van der Waals surface area (Å²) in [5.41, 5.74) is 0. The zero-order valence-electron chi connectivity index (χ0n) is 12.3. The molecule has 2 rings (SSSR count). The van der Waals surface area contributed by atoms with Crippen LogP contribution in [0.15, 0.2) is 4.99 Å². The Morgan fingerprint density at radius 1 is 1.30 bits per heavy atom. The molecule has 0 aromatic rings. The number of carbonyl (C=O) groups excluding carboxylic acids is 2. The number of rotatable bonds is 5. The van der Waals surface area contributed by atoms with Gasteiger partial charge in [0, 0.05) is 19.3 Å². The third-order valence-corrected chi connectivity index (χ3v) is 4.72. The first-order chi connectivity index (χ1) is 9.60. The maximum atomic E-state index is 12.1. The molecular weight excluding hydrogens is 276 g/mol. The van der Waals surface area contributed by atoms with Gasteiger partial charge in [0.15, 0.2) is 17.4 Å². The van der Waals surface area contributed by atoms with Crippen molar-refractivity contribution in [3.05, 3.63) is 0 Å². The third-order valence-electron chi connectivity index (χ3n) is 3.51. The van der Waals surface area contributed by atoms with Crippen molar-refractivity contribution in [1.82, 2.24) is 15.1 Å².